The molecular formula is C63H72N9O13PS. The third-order valence-corrected chi connectivity index (χ3v) is 18.1. The number of aliphatic hydroxyl groups is 1. The number of β-amino-alcohol motifs (C(OH)–C–C–N with tert-alkyl or cyclic N) is 1. The summed E-state index contributed by atoms with van der Waals surface area (Å²) >= 11 is 1.55. The lowest BCUT2D eigenvalue weighted by molar-refractivity contribution is -0.144. The lowest BCUT2D eigenvalue weighted by Crippen LogP contribution is -2.57. The van der Waals surface area contributed by atoms with Crippen molar-refractivity contribution in [2.45, 2.75) is 142 Å². The second-order valence-corrected chi connectivity index (χ2v) is 26.2. The fourth-order valence-electron chi connectivity index (χ4n) is 11.7. The van der Waals surface area contributed by atoms with Crippen LogP contribution in [0.15, 0.2) is 96.5 Å². The summed E-state index contributed by atoms with van der Waals surface area (Å²) in [5.41, 5.74) is 11.5. The van der Waals surface area contributed by atoms with Gasteiger partial charge in [-0.2, -0.15) is 0 Å². The number of aryl methyl sites for hydroxylation is 3. The Bertz CT molecular complexity index is 3720. The number of anilines is 2. The number of benzene rings is 4. The Morgan fingerprint density at radius 3 is 2.30 bits per heavy atom. The smallest absolute Gasteiger partial charge is 0.391 e. The molecule has 5 heterocycles. The molecule has 7 atom stereocenters. The molecule has 22 nitrogen and oxygen atoms in total. The molecule has 0 saturated carbocycles. The van der Waals surface area contributed by atoms with E-state index in [4.69, 9.17) is 5.73 Å². The molecule has 1 fully saturated rings. The number of amides is 7. The first kappa shape index (κ1) is 63.3. The quantitative estimate of drug-likeness (QED) is 0.0188. The minimum atomic E-state index is -5.07. The zero-order chi connectivity index (χ0) is 62.6. The number of aromatic nitrogens is 2. The summed E-state index contributed by atoms with van der Waals surface area (Å²) in [7, 11) is -5.07. The molecule has 7 amide bonds. The number of fused-ring (bicyclic) bond motifs is 1. The van der Waals surface area contributed by atoms with Gasteiger partial charge in [0.25, 0.3) is 5.52 Å². The van der Waals surface area contributed by atoms with Gasteiger partial charge in [-0.3, -0.25) is 52.6 Å². The molecule has 0 spiro atoms. The number of thiazole rings is 1. The van der Waals surface area contributed by atoms with Crippen LogP contribution < -0.4 is 31.9 Å². The van der Waals surface area contributed by atoms with Crippen molar-refractivity contribution >= 4 is 93.9 Å². The van der Waals surface area contributed by atoms with Gasteiger partial charge in [-0.25, -0.2) is 4.98 Å². The molecule has 1 saturated heterocycles. The van der Waals surface area contributed by atoms with E-state index in [0.29, 0.717) is 42.4 Å². The van der Waals surface area contributed by atoms with Gasteiger partial charge in [0, 0.05) is 66.7 Å². The molecule has 0 bridgehead atoms. The van der Waals surface area contributed by atoms with E-state index in [0.717, 1.165) is 38.4 Å². The van der Waals surface area contributed by atoms with Gasteiger partial charge in [0.05, 0.1) is 39.6 Å². The van der Waals surface area contributed by atoms with Crippen molar-refractivity contribution in [1.29, 1.82) is 0 Å². The largest absolute Gasteiger partial charge is 0.396 e. The predicted octanol–water partition coefficient (Wildman–Crippen LogP) is 6.48. The van der Waals surface area contributed by atoms with E-state index in [2.05, 4.69) is 31.2 Å². The maximum absolute atomic E-state index is 14.6. The van der Waals surface area contributed by atoms with Crippen LogP contribution in [0.2, 0.25) is 0 Å². The van der Waals surface area contributed by atoms with Gasteiger partial charge >= 0.3 is 7.60 Å². The molecule has 87 heavy (non-hydrogen) atoms. The SMILES string of the molecule is Cc1ncsc1-c1ccc([C@H](C)NC(=O)[C@@H]2C[C@@H](O)CN2C(=O)[C@@H](NC(=O)CCCCc2cccc(NC(=O)[C@H](CCC(N)=O)NC(=O)[C@@H]3Cc4cccc5c4N3C(=O)C(CC(=O)c3cc4ccc(C(=O)P(=O)(O)O)cc4[nH]3)CC5)c2)C(C)(C)C)cc1. The molecule has 0 aliphatic carbocycles. The lowest BCUT2D eigenvalue weighted by atomic mass is 9.85. The molecule has 24 heteroatoms. The van der Waals surface area contributed by atoms with Crippen LogP contribution in [0.1, 0.15) is 134 Å². The topological polar surface area (TPSA) is 341 Å². The zero-order valence-electron chi connectivity index (χ0n) is 49.0. The minimum Gasteiger partial charge on any atom is -0.391 e. The number of carbonyl (C=O) groups is 9. The number of unbranched alkanes of at least 4 members (excludes halogenated alkanes) is 1. The molecule has 4 aromatic carbocycles. The minimum absolute atomic E-state index is 0.0472. The van der Waals surface area contributed by atoms with E-state index in [9.17, 15) is 62.6 Å². The first-order valence-corrected chi connectivity index (χ1v) is 31.5. The van der Waals surface area contributed by atoms with Crippen LogP contribution in [0, 0.1) is 18.3 Å². The Balaban J connectivity index is 0.786. The van der Waals surface area contributed by atoms with Crippen molar-refractivity contribution in [2.24, 2.45) is 17.1 Å². The molecule has 9 rings (SSSR count). The number of likely N-dealkylation sites (tertiary alicyclic amines) is 1. The number of nitrogens with zero attached hydrogens (tertiary/aromatic N) is 3. The van der Waals surface area contributed by atoms with Crippen LogP contribution in [-0.2, 0) is 57.4 Å². The van der Waals surface area contributed by atoms with Crippen molar-refractivity contribution in [3.05, 3.63) is 136 Å². The van der Waals surface area contributed by atoms with Gasteiger partial charge in [-0.15, -0.1) is 11.3 Å². The Kier molecular flexibility index (Phi) is 19.2. The molecule has 10 N–H and O–H groups in total. The molecule has 2 aromatic heterocycles. The van der Waals surface area contributed by atoms with E-state index in [1.807, 2.05) is 83.1 Å². The number of para-hydroxylation sites is 1. The highest BCUT2D eigenvalue weighted by Gasteiger charge is 2.47. The molecule has 3 aliphatic rings. The van der Waals surface area contributed by atoms with Gasteiger partial charge in [0.2, 0.25) is 41.4 Å². The van der Waals surface area contributed by atoms with Gasteiger partial charge in [-0.05, 0) is 116 Å². The van der Waals surface area contributed by atoms with Crippen molar-refractivity contribution < 1.29 is 62.6 Å². The molecule has 6 aromatic rings. The Labute approximate surface area is 506 Å². The lowest BCUT2D eigenvalue weighted by Gasteiger charge is -2.35. The molecule has 0 radical (unpaired) electrons. The highest BCUT2D eigenvalue weighted by Crippen LogP contribution is 2.42. The molecule has 3 aliphatic heterocycles. The number of primary amides is 1. The van der Waals surface area contributed by atoms with Crippen LogP contribution in [0.25, 0.3) is 21.3 Å². The van der Waals surface area contributed by atoms with E-state index in [1.54, 1.807) is 35.0 Å². The number of H-pyrrole nitrogens is 1. The highest BCUT2D eigenvalue weighted by molar-refractivity contribution is 7.70. The van der Waals surface area contributed by atoms with Crippen molar-refractivity contribution in [3.63, 3.8) is 0 Å². The van der Waals surface area contributed by atoms with Gasteiger partial charge in [0.15, 0.2) is 5.78 Å². The fourth-order valence-corrected chi connectivity index (χ4v) is 13.0. The Morgan fingerprint density at radius 1 is 0.874 bits per heavy atom. The van der Waals surface area contributed by atoms with Crippen LogP contribution in [0.4, 0.5) is 11.4 Å². The van der Waals surface area contributed by atoms with Crippen LogP contribution in [-0.4, -0.2) is 119 Å². The van der Waals surface area contributed by atoms with Crippen LogP contribution in [0.5, 0.6) is 0 Å². The predicted molar refractivity (Wildman–Crippen MR) is 326 cm³/mol. The normalized spacial score (nSPS) is 18.5. The number of hydrogen-bond donors (Lipinski definition) is 9. The summed E-state index contributed by atoms with van der Waals surface area (Å²) in [5.74, 6) is -5.05. The average Bonchev–Trinajstić information content (AvgIpc) is 1.64. The Hall–Kier alpha value is -8.21. The zero-order valence-corrected chi connectivity index (χ0v) is 50.7. The van der Waals surface area contributed by atoms with E-state index in [1.165, 1.54) is 34.1 Å². The van der Waals surface area contributed by atoms with Gasteiger partial charge in [0.1, 0.15) is 24.2 Å². The highest BCUT2D eigenvalue weighted by atomic mass is 32.1. The number of carbonyl (C=O) groups excluding carboxylic acids is 9. The number of nitrogens with one attached hydrogen (secondary N) is 5. The summed E-state index contributed by atoms with van der Waals surface area (Å²) in [5, 5.41) is 22.8. The third kappa shape index (κ3) is 14.8. The third-order valence-electron chi connectivity index (χ3n) is 16.4. The second kappa shape index (κ2) is 26.4. The van der Waals surface area contributed by atoms with E-state index >= 15 is 0 Å². The van der Waals surface area contributed by atoms with E-state index < -0.39 is 102 Å². The first-order chi connectivity index (χ1) is 41.2. The number of nitrogens with two attached hydrogens (primary N) is 1. The fraction of sp³-hybridized carbons (Fsp3) is 0.397. The summed E-state index contributed by atoms with van der Waals surface area (Å²) in [6.45, 7) is 9.20. The standard InChI is InChI=1S/C63H72N9O13PS/c1-34(37-16-19-39(20-17-37)55-35(2)65-33-87-55)66-58(78)49-31-45(73)32-71(49)61(81)56(63(3,4)5)70-53(76)15-7-6-10-36-11-8-14-44(26-36)67-57(77)46(24-25-52(64)75)69-59(79)50-29-41-13-9-12-38-18-22-42(60(80)72(50)54(38)41)30-51(74)48-27-40-21-23-43(28-47(40)68-48)62(82)86(83,84)85/h8-9,11-14,16-17,19-21,23,26-28,33-34,42,45-46,49-50,56,68,73H,6-7,10,15,18,22,24-25,29-32H2,1-5H3,(H2,64,75)(H,66,78)(H,67,77)(H,69,79)(H,70,76)(H2,83,84,85)/t34-,42?,45+,46-,49-,50-,56+/m0/s1. The number of ketones is 1. The number of aromatic amines is 1. The molecule has 1 unspecified atom stereocenters. The molecule has 458 valence electrons. The average molecular weight is 1230 g/mol. The van der Waals surface area contributed by atoms with Gasteiger partial charge in [-0.1, -0.05) is 81.4 Å². The number of rotatable bonds is 23. The van der Waals surface area contributed by atoms with Crippen molar-refractivity contribution in [2.75, 3.05) is 16.8 Å². The first-order valence-electron chi connectivity index (χ1n) is 29.0. The van der Waals surface area contributed by atoms with Crippen LogP contribution >= 0.6 is 18.9 Å². The number of Topliss-reactive ketones (excluding diaryl/α,β-unsaturated/α-hetero) is 1. The maximum atomic E-state index is 14.6. The Morgan fingerprint density at radius 2 is 1.60 bits per heavy atom. The maximum Gasteiger partial charge on any atom is 0.396 e. The summed E-state index contributed by atoms with van der Waals surface area (Å²) < 4.78 is 11.6. The van der Waals surface area contributed by atoms with Crippen LogP contribution in [0.3, 0.4) is 0 Å². The number of aliphatic hydroxyl groups excluding tert-OH is 1. The van der Waals surface area contributed by atoms with Crippen molar-refractivity contribution in [3.8, 4) is 10.4 Å². The van der Waals surface area contributed by atoms with Gasteiger partial charge < -0.3 is 51.8 Å². The summed E-state index contributed by atoms with van der Waals surface area (Å²) in [4.78, 5) is 153. The van der Waals surface area contributed by atoms with E-state index in [-0.39, 0.29) is 74.2 Å². The summed E-state index contributed by atoms with van der Waals surface area (Å²) in [6, 6.07) is 21.1. The summed E-state index contributed by atoms with van der Waals surface area (Å²) in [6.07, 6.45) is 0.825. The monoisotopic (exact) mass is 1230 g/mol. The van der Waals surface area contributed by atoms with Crippen molar-refractivity contribution in [1.82, 2.24) is 30.8 Å². The second-order valence-electron chi connectivity index (χ2n) is 23.9. The number of hydrogen-bond acceptors (Lipinski definition) is 13. The molecular weight excluding hydrogens is 1150 g/mol.